The Kier molecular flexibility index (Phi) is 6.72. The van der Waals surface area contributed by atoms with Crippen molar-refractivity contribution in [1.29, 1.82) is 0 Å². The lowest BCUT2D eigenvalue weighted by Gasteiger charge is -2.39. The Balaban J connectivity index is 1.24. The average molecular weight is 513 g/mol. The van der Waals surface area contributed by atoms with Crippen molar-refractivity contribution in [3.8, 4) is 0 Å². The zero-order valence-electron chi connectivity index (χ0n) is 20.1. The van der Waals surface area contributed by atoms with Gasteiger partial charge in [0.05, 0.1) is 11.1 Å². The molecule has 37 heavy (non-hydrogen) atoms. The van der Waals surface area contributed by atoms with Gasteiger partial charge in [0.1, 0.15) is 11.6 Å². The lowest BCUT2D eigenvalue weighted by Crippen LogP contribution is -2.47. The summed E-state index contributed by atoms with van der Waals surface area (Å²) in [5.41, 5.74) is 2.69. The number of hydrogen-bond donors (Lipinski definition) is 1. The van der Waals surface area contributed by atoms with Crippen molar-refractivity contribution in [2.24, 2.45) is 0 Å². The van der Waals surface area contributed by atoms with Gasteiger partial charge in [-0.25, -0.2) is 8.78 Å². The maximum atomic E-state index is 13.6. The Morgan fingerprint density at radius 3 is 2.16 bits per heavy atom. The minimum atomic E-state index is -4.42. The zero-order valence-corrected chi connectivity index (χ0v) is 20.1. The first kappa shape index (κ1) is 25.0. The van der Waals surface area contributed by atoms with Crippen LogP contribution in [0.3, 0.4) is 0 Å². The van der Waals surface area contributed by atoms with Crippen LogP contribution < -0.4 is 10.2 Å². The molecule has 1 fully saturated rings. The number of nitrogens with zero attached hydrogens (tertiary/aromatic N) is 3. The van der Waals surface area contributed by atoms with E-state index in [0.717, 1.165) is 42.5 Å². The molecule has 0 radical (unpaired) electrons. The van der Waals surface area contributed by atoms with Crippen LogP contribution in [0.15, 0.2) is 72.9 Å². The molecule has 4 nitrogen and oxygen atoms in total. The highest BCUT2D eigenvalue weighted by atomic mass is 19.4. The summed E-state index contributed by atoms with van der Waals surface area (Å²) in [6.45, 7) is 4.95. The lowest BCUT2D eigenvalue weighted by atomic mass is 10.0. The molecule has 0 spiro atoms. The van der Waals surface area contributed by atoms with Gasteiger partial charge in [0, 0.05) is 66.9 Å². The summed E-state index contributed by atoms with van der Waals surface area (Å²) >= 11 is 0. The Labute approximate surface area is 211 Å². The summed E-state index contributed by atoms with van der Waals surface area (Å²) in [5.74, 6) is -1.16. The first-order chi connectivity index (χ1) is 17.7. The topological polar surface area (TPSA) is 31.4 Å². The summed E-state index contributed by atoms with van der Waals surface area (Å²) in [6.07, 6.45) is -2.94. The summed E-state index contributed by atoms with van der Waals surface area (Å²) in [4.78, 5) is 8.40. The van der Waals surface area contributed by atoms with E-state index in [0.29, 0.717) is 29.9 Å². The molecule has 2 heterocycles. The fourth-order valence-corrected chi connectivity index (χ4v) is 4.73. The number of fused-ring (bicyclic) bond motifs is 1. The average Bonchev–Trinajstić information content (AvgIpc) is 2.88. The van der Waals surface area contributed by atoms with Crippen LogP contribution in [0, 0.1) is 11.6 Å². The standard InChI is InChI=1S/C28H25F5N4/c1-18(36-10-12-37(13-11-36)24-16-21(29)15-22(30)17-24)19-2-5-23(6-3-19)35-26-8-9-34-27-14-20(28(31,32)33)4-7-25(26)27/h2-9,14-18H,10-13H2,1H3,(H,34,35). The second-order valence-corrected chi connectivity index (χ2v) is 9.16. The van der Waals surface area contributed by atoms with E-state index in [4.69, 9.17) is 0 Å². The Hall–Kier alpha value is -3.72. The van der Waals surface area contributed by atoms with Crippen LogP contribution in [0.5, 0.6) is 0 Å². The molecule has 1 unspecified atom stereocenters. The van der Waals surface area contributed by atoms with E-state index in [2.05, 4.69) is 22.1 Å². The smallest absolute Gasteiger partial charge is 0.369 e. The highest BCUT2D eigenvalue weighted by Gasteiger charge is 2.30. The van der Waals surface area contributed by atoms with E-state index >= 15 is 0 Å². The summed E-state index contributed by atoms with van der Waals surface area (Å²) < 4.78 is 66.3. The third-order valence-corrected chi connectivity index (χ3v) is 6.82. The fourth-order valence-electron chi connectivity index (χ4n) is 4.73. The van der Waals surface area contributed by atoms with Gasteiger partial charge in [0.2, 0.25) is 0 Å². The molecule has 1 atom stereocenters. The zero-order chi connectivity index (χ0) is 26.2. The number of hydrogen-bond acceptors (Lipinski definition) is 4. The molecule has 0 saturated carbocycles. The maximum absolute atomic E-state index is 13.6. The molecule has 0 bridgehead atoms. The van der Waals surface area contributed by atoms with E-state index in [1.54, 1.807) is 6.07 Å². The maximum Gasteiger partial charge on any atom is 0.416 e. The van der Waals surface area contributed by atoms with Gasteiger partial charge < -0.3 is 10.2 Å². The molecule has 1 saturated heterocycles. The largest absolute Gasteiger partial charge is 0.416 e. The van der Waals surface area contributed by atoms with Crippen LogP contribution >= 0.6 is 0 Å². The van der Waals surface area contributed by atoms with Crippen LogP contribution in [0.4, 0.5) is 39.0 Å². The number of benzene rings is 3. The number of alkyl halides is 3. The number of rotatable bonds is 5. The molecule has 1 aliphatic rings. The number of aromatic nitrogens is 1. The highest BCUT2D eigenvalue weighted by Crippen LogP contribution is 2.34. The summed E-state index contributed by atoms with van der Waals surface area (Å²) in [5, 5.41) is 3.88. The fraction of sp³-hybridized carbons (Fsp3) is 0.250. The minimum Gasteiger partial charge on any atom is -0.369 e. The quantitative estimate of drug-likeness (QED) is 0.288. The van der Waals surface area contributed by atoms with Crippen LogP contribution in [-0.2, 0) is 6.18 Å². The third-order valence-electron chi connectivity index (χ3n) is 6.82. The second-order valence-electron chi connectivity index (χ2n) is 9.16. The second kappa shape index (κ2) is 9.97. The minimum absolute atomic E-state index is 0.142. The number of nitrogens with one attached hydrogen (secondary N) is 1. The van der Waals surface area contributed by atoms with Gasteiger partial charge in [-0.1, -0.05) is 18.2 Å². The lowest BCUT2D eigenvalue weighted by molar-refractivity contribution is -0.137. The molecular formula is C28H25F5N4. The van der Waals surface area contributed by atoms with Gasteiger partial charge in [0.15, 0.2) is 0 Å². The van der Waals surface area contributed by atoms with Crippen molar-refractivity contribution in [2.45, 2.75) is 19.1 Å². The van der Waals surface area contributed by atoms with Gasteiger partial charge in [-0.15, -0.1) is 0 Å². The van der Waals surface area contributed by atoms with E-state index < -0.39 is 23.4 Å². The molecule has 0 amide bonds. The number of anilines is 3. The van der Waals surface area contributed by atoms with Crippen molar-refractivity contribution in [3.05, 3.63) is 95.7 Å². The third kappa shape index (κ3) is 5.51. The van der Waals surface area contributed by atoms with Crippen LogP contribution in [0.25, 0.3) is 10.9 Å². The van der Waals surface area contributed by atoms with E-state index in [1.807, 2.05) is 29.2 Å². The monoisotopic (exact) mass is 512 g/mol. The normalized spacial score (nSPS) is 15.7. The van der Waals surface area contributed by atoms with Gasteiger partial charge in [0.25, 0.3) is 0 Å². The molecule has 0 aliphatic carbocycles. The molecule has 3 aromatic carbocycles. The predicted octanol–water partition coefficient (Wildman–Crippen LogP) is 7.16. The van der Waals surface area contributed by atoms with Gasteiger partial charge in [-0.2, -0.15) is 13.2 Å². The van der Waals surface area contributed by atoms with E-state index in [-0.39, 0.29) is 11.6 Å². The van der Waals surface area contributed by atoms with Crippen molar-refractivity contribution in [2.75, 3.05) is 36.4 Å². The van der Waals surface area contributed by atoms with Crippen molar-refractivity contribution in [1.82, 2.24) is 9.88 Å². The van der Waals surface area contributed by atoms with Gasteiger partial charge >= 0.3 is 6.18 Å². The van der Waals surface area contributed by atoms with E-state index in [1.165, 1.54) is 24.4 Å². The number of halogens is 5. The number of pyridine rings is 1. The molecular weight excluding hydrogens is 487 g/mol. The molecule has 5 rings (SSSR count). The first-order valence-electron chi connectivity index (χ1n) is 12.0. The van der Waals surface area contributed by atoms with Gasteiger partial charge in [-0.3, -0.25) is 9.88 Å². The molecule has 1 aliphatic heterocycles. The van der Waals surface area contributed by atoms with Crippen LogP contribution in [0.2, 0.25) is 0 Å². The Bertz CT molecular complexity index is 1380. The Morgan fingerprint density at radius 2 is 1.51 bits per heavy atom. The Morgan fingerprint density at radius 1 is 0.838 bits per heavy atom. The predicted molar refractivity (Wildman–Crippen MR) is 135 cm³/mol. The van der Waals surface area contributed by atoms with Crippen molar-refractivity contribution < 1.29 is 22.0 Å². The van der Waals surface area contributed by atoms with Crippen molar-refractivity contribution >= 4 is 28.0 Å². The number of piperazine rings is 1. The van der Waals surface area contributed by atoms with Crippen molar-refractivity contribution in [3.63, 3.8) is 0 Å². The summed E-state index contributed by atoms with van der Waals surface area (Å²) in [6, 6.07) is 16.9. The van der Waals surface area contributed by atoms with Crippen LogP contribution in [-0.4, -0.2) is 36.1 Å². The van der Waals surface area contributed by atoms with Crippen LogP contribution in [0.1, 0.15) is 24.1 Å². The molecule has 4 aromatic rings. The van der Waals surface area contributed by atoms with E-state index in [9.17, 15) is 22.0 Å². The highest BCUT2D eigenvalue weighted by molar-refractivity contribution is 5.93. The molecule has 192 valence electrons. The first-order valence-corrected chi connectivity index (χ1v) is 12.0. The molecule has 1 aromatic heterocycles. The summed E-state index contributed by atoms with van der Waals surface area (Å²) in [7, 11) is 0. The molecule has 9 heteroatoms. The molecule has 1 N–H and O–H groups in total. The van der Waals surface area contributed by atoms with Gasteiger partial charge in [-0.05, 0) is 55.0 Å². The SMILES string of the molecule is CC(c1ccc(Nc2ccnc3cc(C(F)(F)F)ccc23)cc1)N1CCN(c2cc(F)cc(F)c2)CC1.